The van der Waals surface area contributed by atoms with Crippen LogP contribution < -0.4 is 10.6 Å². The van der Waals surface area contributed by atoms with Gasteiger partial charge in [0.2, 0.25) is 0 Å². The summed E-state index contributed by atoms with van der Waals surface area (Å²) in [5, 5.41) is 14.8. The Morgan fingerprint density at radius 3 is 2.67 bits per heavy atom. The van der Waals surface area contributed by atoms with Gasteiger partial charge in [-0.25, -0.2) is 0 Å². The number of hydrogen-bond donors (Lipinski definition) is 3. The maximum absolute atomic E-state index is 8.75. The molecular weight excluding hydrogens is 136 g/mol. The minimum atomic E-state index is -0.351. The van der Waals surface area contributed by atoms with E-state index in [2.05, 4.69) is 10.6 Å². The van der Waals surface area contributed by atoms with E-state index in [0.717, 1.165) is 0 Å². The highest BCUT2D eigenvalue weighted by atomic mass is 32.1. The van der Waals surface area contributed by atoms with Crippen molar-refractivity contribution in [2.24, 2.45) is 0 Å². The molecule has 0 amide bonds. The Labute approximate surface area is 60.5 Å². The fraction of sp³-hybridized carbons (Fsp3) is 0.800. The Bertz CT molecular complexity index is 95.0. The molecule has 0 saturated carbocycles. The number of rotatable bonds is 2. The molecular formula is C5H12N2OS. The Hall–Kier alpha value is -0.350. The lowest BCUT2D eigenvalue weighted by Gasteiger charge is -2.07. The lowest BCUT2D eigenvalue weighted by Crippen LogP contribution is -2.36. The Morgan fingerprint density at radius 1 is 1.78 bits per heavy atom. The quantitative estimate of drug-likeness (QED) is 0.460. The topological polar surface area (TPSA) is 44.3 Å². The summed E-state index contributed by atoms with van der Waals surface area (Å²) in [5.41, 5.74) is 0. The number of thiocarbonyl (C=S) groups is 1. The summed E-state index contributed by atoms with van der Waals surface area (Å²) in [5.74, 6) is 0. The first-order valence-corrected chi connectivity index (χ1v) is 3.21. The molecule has 0 aromatic rings. The van der Waals surface area contributed by atoms with Crippen molar-refractivity contribution < 1.29 is 5.11 Å². The summed E-state index contributed by atoms with van der Waals surface area (Å²) in [6.45, 7) is 2.20. The molecule has 0 heterocycles. The number of nitrogens with one attached hydrogen (secondary N) is 2. The van der Waals surface area contributed by atoms with Gasteiger partial charge in [-0.15, -0.1) is 0 Å². The van der Waals surface area contributed by atoms with E-state index in [1.807, 2.05) is 0 Å². The van der Waals surface area contributed by atoms with Crippen molar-refractivity contribution in [3.63, 3.8) is 0 Å². The van der Waals surface area contributed by atoms with Crippen LogP contribution in [0.2, 0.25) is 0 Å². The van der Waals surface area contributed by atoms with E-state index in [1.165, 1.54) is 0 Å². The SMILES string of the molecule is CNC(=S)NCC(C)O. The fourth-order valence-corrected chi connectivity index (χ4v) is 0.412. The molecule has 0 aromatic heterocycles. The highest BCUT2D eigenvalue weighted by Crippen LogP contribution is 1.73. The van der Waals surface area contributed by atoms with Gasteiger partial charge in [-0.2, -0.15) is 0 Å². The maximum Gasteiger partial charge on any atom is 0.166 e. The summed E-state index contributed by atoms with van der Waals surface area (Å²) in [6, 6.07) is 0. The minimum absolute atomic E-state index is 0.351. The first kappa shape index (κ1) is 8.65. The summed E-state index contributed by atoms with van der Waals surface area (Å²) in [7, 11) is 1.73. The van der Waals surface area contributed by atoms with Gasteiger partial charge in [-0.05, 0) is 19.1 Å². The Kier molecular flexibility index (Phi) is 4.35. The molecule has 0 rings (SSSR count). The van der Waals surface area contributed by atoms with Crippen LogP contribution in [0.1, 0.15) is 6.92 Å². The minimum Gasteiger partial charge on any atom is -0.392 e. The van der Waals surface area contributed by atoms with Crippen LogP contribution in [0.15, 0.2) is 0 Å². The summed E-state index contributed by atoms with van der Waals surface area (Å²) in [4.78, 5) is 0. The summed E-state index contributed by atoms with van der Waals surface area (Å²) in [6.07, 6.45) is -0.351. The van der Waals surface area contributed by atoms with Crippen molar-refractivity contribution in [3.05, 3.63) is 0 Å². The van der Waals surface area contributed by atoms with Crippen LogP contribution in [-0.2, 0) is 0 Å². The van der Waals surface area contributed by atoms with Gasteiger partial charge in [0.1, 0.15) is 0 Å². The second kappa shape index (κ2) is 4.52. The zero-order valence-electron chi connectivity index (χ0n) is 5.64. The maximum atomic E-state index is 8.75. The molecule has 3 N–H and O–H groups in total. The smallest absolute Gasteiger partial charge is 0.166 e. The standard InChI is InChI=1S/C5H12N2OS/c1-4(8)3-7-5(9)6-2/h4,8H,3H2,1-2H3,(H2,6,7,9). The highest BCUT2D eigenvalue weighted by molar-refractivity contribution is 7.80. The monoisotopic (exact) mass is 148 g/mol. The van der Waals surface area contributed by atoms with E-state index < -0.39 is 0 Å². The van der Waals surface area contributed by atoms with Gasteiger partial charge >= 0.3 is 0 Å². The van der Waals surface area contributed by atoms with Gasteiger partial charge in [-0.3, -0.25) is 0 Å². The first-order valence-electron chi connectivity index (χ1n) is 2.80. The fourth-order valence-electron chi connectivity index (χ4n) is 0.329. The first-order chi connectivity index (χ1) is 4.16. The normalized spacial score (nSPS) is 12.3. The third-order valence-corrected chi connectivity index (χ3v) is 1.13. The van der Waals surface area contributed by atoms with Crippen LogP contribution in [0.4, 0.5) is 0 Å². The van der Waals surface area contributed by atoms with Crippen LogP contribution >= 0.6 is 12.2 Å². The molecule has 0 saturated heterocycles. The van der Waals surface area contributed by atoms with Crippen molar-refractivity contribution in [2.45, 2.75) is 13.0 Å². The number of aliphatic hydroxyl groups is 1. The van der Waals surface area contributed by atoms with Gasteiger partial charge in [0, 0.05) is 13.6 Å². The lowest BCUT2D eigenvalue weighted by atomic mass is 10.4. The van der Waals surface area contributed by atoms with E-state index in [9.17, 15) is 0 Å². The molecule has 9 heavy (non-hydrogen) atoms. The third-order valence-electron chi connectivity index (χ3n) is 0.785. The van der Waals surface area contributed by atoms with Crippen molar-refractivity contribution in [2.75, 3.05) is 13.6 Å². The highest BCUT2D eigenvalue weighted by Gasteiger charge is 1.94. The number of hydrogen-bond acceptors (Lipinski definition) is 2. The van der Waals surface area contributed by atoms with Gasteiger partial charge < -0.3 is 15.7 Å². The molecule has 4 heteroatoms. The molecule has 3 nitrogen and oxygen atoms in total. The zero-order chi connectivity index (χ0) is 7.28. The zero-order valence-corrected chi connectivity index (χ0v) is 6.46. The predicted molar refractivity (Wildman–Crippen MR) is 41.3 cm³/mol. The third kappa shape index (κ3) is 5.52. The Balaban J connectivity index is 3.17. The van der Waals surface area contributed by atoms with Gasteiger partial charge in [0.15, 0.2) is 5.11 Å². The van der Waals surface area contributed by atoms with Gasteiger partial charge in [-0.1, -0.05) is 0 Å². The summed E-state index contributed by atoms with van der Waals surface area (Å²) < 4.78 is 0. The van der Waals surface area contributed by atoms with E-state index in [4.69, 9.17) is 17.3 Å². The van der Waals surface area contributed by atoms with Crippen LogP contribution in [0, 0.1) is 0 Å². The molecule has 0 aliphatic carbocycles. The average Bonchev–Trinajstić information content (AvgIpc) is 1.83. The second-order valence-electron chi connectivity index (χ2n) is 1.81. The second-order valence-corrected chi connectivity index (χ2v) is 2.22. The molecule has 0 fully saturated rings. The lowest BCUT2D eigenvalue weighted by molar-refractivity contribution is 0.198. The molecule has 0 aromatic carbocycles. The molecule has 0 aliphatic rings. The van der Waals surface area contributed by atoms with E-state index in [0.29, 0.717) is 11.7 Å². The molecule has 0 bridgehead atoms. The van der Waals surface area contributed by atoms with Crippen molar-refractivity contribution in [3.8, 4) is 0 Å². The van der Waals surface area contributed by atoms with Crippen LogP contribution in [-0.4, -0.2) is 29.9 Å². The van der Waals surface area contributed by atoms with Crippen molar-refractivity contribution >= 4 is 17.3 Å². The van der Waals surface area contributed by atoms with Gasteiger partial charge in [0.25, 0.3) is 0 Å². The van der Waals surface area contributed by atoms with E-state index in [1.54, 1.807) is 14.0 Å². The van der Waals surface area contributed by atoms with E-state index in [-0.39, 0.29) is 6.10 Å². The number of aliphatic hydroxyl groups excluding tert-OH is 1. The van der Waals surface area contributed by atoms with Crippen molar-refractivity contribution in [1.82, 2.24) is 10.6 Å². The molecule has 0 aliphatic heterocycles. The van der Waals surface area contributed by atoms with Gasteiger partial charge in [0.05, 0.1) is 6.10 Å². The molecule has 1 unspecified atom stereocenters. The predicted octanol–water partition coefficient (Wildman–Crippen LogP) is -0.539. The van der Waals surface area contributed by atoms with Crippen molar-refractivity contribution in [1.29, 1.82) is 0 Å². The molecule has 54 valence electrons. The van der Waals surface area contributed by atoms with Crippen LogP contribution in [0.3, 0.4) is 0 Å². The van der Waals surface area contributed by atoms with Crippen LogP contribution in [0.5, 0.6) is 0 Å². The summed E-state index contributed by atoms with van der Waals surface area (Å²) >= 11 is 4.74. The van der Waals surface area contributed by atoms with Crippen LogP contribution in [0.25, 0.3) is 0 Å². The molecule has 0 radical (unpaired) electrons. The largest absolute Gasteiger partial charge is 0.392 e. The average molecular weight is 148 g/mol. The van der Waals surface area contributed by atoms with E-state index >= 15 is 0 Å². The Morgan fingerprint density at radius 2 is 2.33 bits per heavy atom. The molecule has 0 spiro atoms. The molecule has 1 atom stereocenters.